The third-order valence-electron chi connectivity index (χ3n) is 4.73. The van der Waals surface area contributed by atoms with E-state index < -0.39 is 0 Å². The molecule has 1 heterocycles. The Hall–Kier alpha value is -2.35. The predicted molar refractivity (Wildman–Crippen MR) is 104 cm³/mol. The topological polar surface area (TPSA) is 56.1 Å². The number of nitrogens with zero attached hydrogens (tertiary/aromatic N) is 2. The summed E-state index contributed by atoms with van der Waals surface area (Å²) in [6, 6.07) is 17.5. The van der Waals surface area contributed by atoms with Gasteiger partial charge in [0.2, 0.25) is 5.91 Å². The molecule has 0 spiro atoms. The Morgan fingerprint density at radius 3 is 2.73 bits per heavy atom. The molecule has 1 atom stereocenters. The lowest BCUT2D eigenvalue weighted by atomic mass is 9.96. The monoisotopic (exact) mass is 367 g/mol. The first-order chi connectivity index (χ1) is 12.7. The van der Waals surface area contributed by atoms with Crippen molar-refractivity contribution in [2.45, 2.75) is 25.8 Å². The Kier molecular flexibility index (Phi) is 6.27. The van der Waals surface area contributed by atoms with Crippen LogP contribution in [-0.2, 0) is 17.8 Å². The molecular formula is C21H22ClN3O. The largest absolute Gasteiger partial charge is 0.326 e. The number of halogens is 1. The number of hydrogen-bond donors (Lipinski definition) is 1. The van der Waals surface area contributed by atoms with Gasteiger partial charge in [-0.15, -0.1) is 0 Å². The van der Waals surface area contributed by atoms with Crippen LogP contribution in [0.15, 0.2) is 48.5 Å². The smallest absolute Gasteiger partial charge is 0.228 e. The first kappa shape index (κ1) is 18.4. The van der Waals surface area contributed by atoms with E-state index in [1.165, 1.54) is 0 Å². The molecule has 2 aromatic rings. The van der Waals surface area contributed by atoms with Crippen molar-refractivity contribution in [3.63, 3.8) is 0 Å². The second kappa shape index (κ2) is 8.84. The molecule has 0 unspecified atom stereocenters. The third kappa shape index (κ3) is 4.85. The molecule has 0 aromatic heterocycles. The highest BCUT2D eigenvalue weighted by atomic mass is 35.5. The summed E-state index contributed by atoms with van der Waals surface area (Å²) in [7, 11) is 0. The standard InChI is InChI=1S/C21H22ClN3O/c22-20-6-2-1-4-17(20)14-25-13-3-5-18(15-25)21(26)24-19-9-7-16(8-10-19)11-12-23/h1-2,4,6-10,18H,3,5,11,13-15H2,(H,24,26)/t18-/m1/s1. The van der Waals surface area contributed by atoms with Gasteiger partial charge in [-0.2, -0.15) is 5.26 Å². The number of rotatable bonds is 5. The molecule has 0 radical (unpaired) electrons. The van der Waals surface area contributed by atoms with E-state index in [9.17, 15) is 4.79 Å². The highest BCUT2D eigenvalue weighted by molar-refractivity contribution is 6.31. The van der Waals surface area contributed by atoms with Gasteiger partial charge in [0, 0.05) is 23.8 Å². The first-order valence-corrected chi connectivity index (χ1v) is 9.26. The first-order valence-electron chi connectivity index (χ1n) is 8.88. The number of hydrogen-bond acceptors (Lipinski definition) is 3. The van der Waals surface area contributed by atoms with Crippen LogP contribution in [0.5, 0.6) is 0 Å². The van der Waals surface area contributed by atoms with E-state index in [1.807, 2.05) is 48.5 Å². The van der Waals surface area contributed by atoms with Crippen molar-refractivity contribution in [1.29, 1.82) is 5.26 Å². The van der Waals surface area contributed by atoms with Crippen LogP contribution < -0.4 is 5.32 Å². The molecule has 2 aromatic carbocycles. The fourth-order valence-electron chi connectivity index (χ4n) is 3.32. The van der Waals surface area contributed by atoms with Crippen LogP contribution in [0.2, 0.25) is 5.02 Å². The maximum absolute atomic E-state index is 12.6. The zero-order valence-electron chi connectivity index (χ0n) is 14.6. The quantitative estimate of drug-likeness (QED) is 0.859. The number of nitrogens with one attached hydrogen (secondary N) is 1. The lowest BCUT2D eigenvalue weighted by Crippen LogP contribution is -2.40. The second-order valence-corrected chi connectivity index (χ2v) is 7.09. The van der Waals surface area contributed by atoms with E-state index in [4.69, 9.17) is 16.9 Å². The van der Waals surface area contributed by atoms with Gasteiger partial charge in [0.25, 0.3) is 0 Å². The van der Waals surface area contributed by atoms with Crippen molar-refractivity contribution in [1.82, 2.24) is 4.90 Å². The van der Waals surface area contributed by atoms with Gasteiger partial charge < -0.3 is 5.32 Å². The van der Waals surface area contributed by atoms with Crippen LogP contribution in [-0.4, -0.2) is 23.9 Å². The number of amides is 1. The number of anilines is 1. The summed E-state index contributed by atoms with van der Waals surface area (Å²) < 4.78 is 0. The van der Waals surface area contributed by atoms with E-state index >= 15 is 0 Å². The lowest BCUT2D eigenvalue weighted by molar-refractivity contribution is -0.121. The van der Waals surface area contributed by atoms with Gasteiger partial charge in [0.15, 0.2) is 0 Å². The average molecular weight is 368 g/mol. The Balaban J connectivity index is 1.57. The van der Waals surface area contributed by atoms with Crippen LogP contribution in [0.3, 0.4) is 0 Å². The van der Waals surface area contributed by atoms with E-state index in [-0.39, 0.29) is 11.8 Å². The maximum atomic E-state index is 12.6. The zero-order chi connectivity index (χ0) is 18.4. The van der Waals surface area contributed by atoms with Gasteiger partial charge in [-0.25, -0.2) is 0 Å². The minimum absolute atomic E-state index is 0.0231. The number of carbonyl (C=O) groups is 1. The number of likely N-dealkylation sites (tertiary alicyclic amines) is 1. The summed E-state index contributed by atoms with van der Waals surface area (Å²) in [4.78, 5) is 14.9. The SMILES string of the molecule is N#CCc1ccc(NC(=O)[C@@H]2CCCN(Cc3ccccc3Cl)C2)cc1. The molecule has 1 aliphatic heterocycles. The molecule has 5 heteroatoms. The summed E-state index contributed by atoms with van der Waals surface area (Å²) in [5.41, 5.74) is 2.83. The van der Waals surface area contributed by atoms with Crippen molar-refractivity contribution in [2.24, 2.45) is 5.92 Å². The highest BCUT2D eigenvalue weighted by Gasteiger charge is 2.26. The molecule has 0 aliphatic carbocycles. The van der Waals surface area contributed by atoms with E-state index in [1.54, 1.807) is 0 Å². The number of carbonyl (C=O) groups excluding carboxylic acids is 1. The normalized spacial score (nSPS) is 17.5. The molecule has 1 aliphatic rings. The van der Waals surface area contributed by atoms with Crippen LogP contribution in [0.4, 0.5) is 5.69 Å². The minimum atomic E-state index is -0.0231. The molecule has 0 bridgehead atoms. The van der Waals surface area contributed by atoms with Crippen molar-refractivity contribution in [2.75, 3.05) is 18.4 Å². The van der Waals surface area contributed by atoms with Gasteiger partial charge >= 0.3 is 0 Å². The predicted octanol–water partition coefficient (Wildman–Crippen LogP) is 4.26. The number of piperidine rings is 1. The van der Waals surface area contributed by atoms with Crippen molar-refractivity contribution in [3.05, 3.63) is 64.7 Å². The molecule has 26 heavy (non-hydrogen) atoms. The van der Waals surface area contributed by atoms with Crippen LogP contribution in [0.25, 0.3) is 0 Å². The van der Waals surface area contributed by atoms with E-state index in [0.29, 0.717) is 6.42 Å². The molecule has 1 fully saturated rings. The zero-order valence-corrected chi connectivity index (χ0v) is 15.4. The molecule has 1 amide bonds. The molecule has 3 rings (SSSR count). The molecular weight excluding hydrogens is 346 g/mol. The summed E-state index contributed by atoms with van der Waals surface area (Å²) in [6.45, 7) is 2.49. The third-order valence-corrected chi connectivity index (χ3v) is 5.10. The Morgan fingerprint density at radius 2 is 2.00 bits per heavy atom. The van der Waals surface area contributed by atoms with Gasteiger partial charge in [-0.05, 0) is 48.7 Å². The fraction of sp³-hybridized carbons (Fsp3) is 0.333. The van der Waals surface area contributed by atoms with E-state index in [0.717, 1.165) is 54.3 Å². The van der Waals surface area contributed by atoms with Gasteiger partial charge in [-0.3, -0.25) is 9.69 Å². The Bertz CT molecular complexity index is 798. The number of nitriles is 1. The fourth-order valence-corrected chi connectivity index (χ4v) is 3.52. The van der Waals surface area contributed by atoms with Crippen molar-refractivity contribution >= 4 is 23.2 Å². The van der Waals surface area contributed by atoms with E-state index in [2.05, 4.69) is 16.3 Å². The molecule has 0 saturated carbocycles. The highest BCUT2D eigenvalue weighted by Crippen LogP contribution is 2.23. The van der Waals surface area contributed by atoms with Gasteiger partial charge in [0.05, 0.1) is 18.4 Å². The minimum Gasteiger partial charge on any atom is -0.326 e. The van der Waals surface area contributed by atoms with Crippen LogP contribution in [0.1, 0.15) is 24.0 Å². The molecule has 1 saturated heterocycles. The molecule has 134 valence electrons. The van der Waals surface area contributed by atoms with Gasteiger partial charge in [-0.1, -0.05) is 41.9 Å². The van der Waals surface area contributed by atoms with Crippen LogP contribution in [0, 0.1) is 17.2 Å². The lowest BCUT2D eigenvalue weighted by Gasteiger charge is -2.32. The summed E-state index contributed by atoms with van der Waals surface area (Å²) in [5.74, 6) is 0.0342. The summed E-state index contributed by atoms with van der Waals surface area (Å²) in [6.07, 6.45) is 2.29. The Labute approximate surface area is 159 Å². The second-order valence-electron chi connectivity index (χ2n) is 6.69. The Morgan fingerprint density at radius 1 is 1.23 bits per heavy atom. The van der Waals surface area contributed by atoms with Gasteiger partial charge in [0.1, 0.15) is 0 Å². The van der Waals surface area contributed by atoms with Crippen molar-refractivity contribution < 1.29 is 4.79 Å². The molecule has 4 nitrogen and oxygen atoms in total. The van der Waals surface area contributed by atoms with Crippen molar-refractivity contribution in [3.8, 4) is 6.07 Å². The molecule has 1 N–H and O–H groups in total. The summed E-state index contributed by atoms with van der Waals surface area (Å²) in [5, 5.41) is 12.5. The average Bonchev–Trinajstić information content (AvgIpc) is 2.66. The van der Waals surface area contributed by atoms with Crippen LogP contribution >= 0.6 is 11.6 Å². The summed E-state index contributed by atoms with van der Waals surface area (Å²) >= 11 is 6.26. The number of benzene rings is 2. The maximum Gasteiger partial charge on any atom is 0.228 e.